The van der Waals surface area contributed by atoms with Crippen LogP contribution in [-0.4, -0.2) is 33.5 Å². The van der Waals surface area contributed by atoms with Crippen LogP contribution in [0.4, 0.5) is 0 Å². The maximum absolute atomic E-state index is 11.8. The van der Waals surface area contributed by atoms with E-state index in [1.165, 1.54) is 11.8 Å². The Hall–Kier alpha value is -0.710. The molecule has 104 valence electrons. The second-order valence-electron chi connectivity index (χ2n) is 5.21. The Morgan fingerprint density at radius 1 is 1.22 bits per heavy atom. The van der Waals surface area contributed by atoms with Gasteiger partial charge in [-0.15, -0.1) is 11.8 Å². The quantitative estimate of drug-likeness (QED) is 0.755. The van der Waals surface area contributed by atoms with Gasteiger partial charge in [-0.05, 0) is 18.1 Å². The highest BCUT2D eigenvalue weighted by molar-refractivity contribution is 8.00. The van der Waals surface area contributed by atoms with Gasteiger partial charge >= 0.3 is 5.97 Å². The molecule has 0 spiro atoms. The number of aliphatic carboxylic acids is 1. The number of thioether (sulfide) groups is 1. The molecule has 18 heavy (non-hydrogen) atoms. The van der Waals surface area contributed by atoms with Crippen LogP contribution in [0.25, 0.3) is 0 Å². The fourth-order valence-corrected chi connectivity index (χ4v) is 2.83. The van der Waals surface area contributed by atoms with Crippen molar-refractivity contribution in [1.82, 2.24) is 5.32 Å². The summed E-state index contributed by atoms with van der Waals surface area (Å²) in [6.07, 6.45) is 4.99. The molecule has 0 unspecified atom stereocenters. The molecular weight excluding hydrogens is 250 g/mol. The van der Waals surface area contributed by atoms with Crippen LogP contribution >= 0.6 is 11.8 Å². The summed E-state index contributed by atoms with van der Waals surface area (Å²) in [5, 5.41) is 12.6. The van der Waals surface area contributed by atoms with Gasteiger partial charge in [-0.2, -0.15) is 0 Å². The SMILES string of the molecule is CC(C)SCC(=O)NC1(C(=O)O)CCCCCC1. The van der Waals surface area contributed by atoms with Crippen LogP contribution in [0.2, 0.25) is 0 Å². The molecule has 1 rings (SSSR count). The highest BCUT2D eigenvalue weighted by Gasteiger charge is 2.39. The summed E-state index contributed by atoms with van der Waals surface area (Å²) in [6, 6.07) is 0. The summed E-state index contributed by atoms with van der Waals surface area (Å²) in [5.41, 5.74) is -1.02. The molecule has 0 atom stereocenters. The van der Waals surface area contributed by atoms with E-state index in [1.807, 2.05) is 13.8 Å². The van der Waals surface area contributed by atoms with Crippen molar-refractivity contribution in [1.29, 1.82) is 0 Å². The molecule has 0 bridgehead atoms. The molecule has 0 aromatic rings. The Balaban J connectivity index is 2.61. The lowest BCUT2D eigenvalue weighted by atomic mass is 9.90. The van der Waals surface area contributed by atoms with Gasteiger partial charge in [0.2, 0.25) is 5.91 Å². The molecule has 5 heteroatoms. The smallest absolute Gasteiger partial charge is 0.329 e. The zero-order valence-electron chi connectivity index (χ0n) is 11.2. The van der Waals surface area contributed by atoms with Gasteiger partial charge in [0.25, 0.3) is 0 Å². The number of carbonyl (C=O) groups excluding carboxylic acids is 1. The van der Waals surface area contributed by atoms with Gasteiger partial charge in [-0.1, -0.05) is 39.5 Å². The summed E-state index contributed by atoms with van der Waals surface area (Å²) in [4.78, 5) is 23.3. The van der Waals surface area contributed by atoms with Crippen molar-refractivity contribution in [2.45, 2.75) is 63.2 Å². The van der Waals surface area contributed by atoms with Gasteiger partial charge in [0.15, 0.2) is 0 Å². The van der Waals surface area contributed by atoms with Crippen molar-refractivity contribution >= 4 is 23.6 Å². The number of hydrogen-bond acceptors (Lipinski definition) is 3. The molecule has 0 saturated heterocycles. The van der Waals surface area contributed by atoms with Gasteiger partial charge in [-0.3, -0.25) is 4.79 Å². The monoisotopic (exact) mass is 273 g/mol. The lowest BCUT2D eigenvalue weighted by molar-refractivity contribution is -0.148. The van der Waals surface area contributed by atoms with Crippen LogP contribution in [0.3, 0.4) is 0 Å². The van der Waals surface area contributed by atoms with E-state index >= 15 is 0 Å². The fraction of sp³-hybridized carbons (Fsp3) is 0.846. The Kier molecular flexibility index (Phi) is 5.99. The molecule has 2 N–H and O–H groups in total. The molecule has 0 aromatic carbocycles. The van der Waals surface area contributed by atoms with Crippen molar-refractivity contribution in [3.8, 4) is 0 Å². The second-order valence-corrected chi connectivity index (χ2v) is 6.77. The number of nitrogens with one attached hydrogen (secondary N) is 1. The third-order valence-corrected chi connectivity index (χ3v) is 4.39. The van der Waals surface area contributed by atoms with Crippen LogP contribution in [0.1, 0.15) is 52.4 Å². The molecule has 0 aliphatic heterocycles. The first-order valence-electron chi connectivity index (χ1n) is 6.62. The third kappa shape index (κ3) is 4.52. The van der Waals surface area contributed by atoms with E-state index in [9.17, 15) is 14.7 Å². The topological polar surface area (TPSA) is 66.4 Å². The van der Waals surface area contributed by atoms with Crippen LogP contribution in [0.15, 0.2) is 0 Å². The average Bonchev–Trinajstić information content (AvgIpc) is 2.53. The molecule has 1 fully saturated rings. The Labute approximate surface area is 113 Å². The minimum atomic E-state index is -1.02. The van der Waals surface area contributed by atoms with Crippen LogP contribution < -0.4 is 5.32 Å². The standard InChI is InChI=1S/C13H23NO3S/c1-10(2)18-9-11(15)14-13(12(16)17)7-5-3-4-6-8-13/h10H,3-9H2,1-2H3,(H,14,15)(H,16,17). The van der Waals surface area contributed by atoms with Crippen molar-refractivity contribution < 1.29 is 14.7 Å². The summed E-state index contributed by atoms with van der Waals surface area (Å²) < 4.78 is 0. The predicted octanol–water partition coefficient (Wildman–Crippen LogP) is 2.42. The lowest BCUT2D eigenvalue weighted by Gasteiger charge is -2.29. The van der Waals surface area contributed by atoms with E-state index < -0.39 is 11.5 Å². The molecule has 4 nitrogen and oxygen atoms in total. The summed E-state index contributed by atoms with van der Waals surface area (Å²) in [6.45, 7) is 4.05. The van der Waals surface area contributed by atoms with Crippen LogP contribution in [-0.2, 0) is 9.59 Å². The lowest BCUT2D eigenvalue weighted by Crippen LogP contribution is -2.54. The maximum atomic E-state index is 11.8. The van der Waals surface area contributed by atoms with E-state index in [4.69, 9.17) is 0 Å². The van der Waals surface area contributed by atoms with E-state index in [-0.39, 0.29) is 5.91 Å². The number of carboxylic acid groups (broad SMARTS) is 1. The predicted molar refractivity (Wildman–Crippen MR) is 73.8 cm³/mol. The van der Waals surface area contributed by atoms with Crippen molar-refractivity contribution in [3.05, 3.63) is 0 Å². The number of carboxylic acids is 1. The number of amides is 1. The first-order valence-corrected chi connectivity index (χ1v) is 7.67. The van der Waals surface area contributed by atoms with Gasteiger partial charge in [-0.25, -0.2) is 4.79 Å². The largest absolute Gasteiger partial charge is 0.480 e. The summed E-state index contributed by atoms with van der Waals surface area (Å²) in [7, 11) is 0. The zero-order chi connectivity index (χ0) is 13.6. The highest BCUT2D eigenvalue weighted by atomic mass is 32.2. The van der Waals surface area contributed by atoms with Gasteiger partial charge < -0.3 is 10.4 Å². The first kappa shape index (κ1) is 15.3. The van der Waals surface area contributed by atoms with E-state index in [0.29, 0.717) is 23.8 Å². The zero-order valence-corrected chi connectivity index (χ0v) is 12.0. The van der Waals surface area contributed by atoms with Crippen molar-refractivity contribution in [2.75, 3.05) is 5.75 Å². The van der Waals surface area contributed by atoms with Gasteiger partial charge in [0.1, 0.15) is 5.54 Å². The minimum Gasteiger partial charge on any atom is -0.480 e. The highest BCUT2D eigenvalue weighted by Crippen LogP contribution is 2.27. The first-order chi connectivity index (χ1) is 8.46. The Morgan fingerprint density at radius 2 is 1.78 bits per heavy atom. The number of rotatable bonds is 5. The van der Waals surface area contributed by atoms with Gasteiger partial charge in [0.05, 0.1) is 5.75 Å². The second kappa shape index (κ2) is 7.02. The van der Waals surface area contributed by atoms with Gasteiger partial charge in [0, 0.05) is 0 Å². The number of carbonyl (C=O) groups is 2. The molecule has 0 aromatic heterocycles. The van der Waals surface area contributed by atoms with E-state index in [1.54, 1.807) is 0 Å². The summed E-state index contributed by atoms with van der Waals surface area (Å²) in [5.74, 6) is -0.697. The minimum absolute atomic E-state index is 0.155. The van der Waals surface area contributed by atoms with Crippen LogP contribution in [0.5, 0.6) is 0 Å². The molecule has 1 aliphatic rings. The molecule has 0 radical (unpaired) electrons. The summed E-state index contributed by atoms with van der Waals surface area (Å²) >= 11 is 1.54. The van der Waals surface area contributed by atoms with E-state index in [0.717, 1.165) is 25.7 Å². The molecule has 0 heterocycles. The fourth-order valence-electron chi connectivity index (χ4n) is 2.27. The third-order valence-electron chi connectivity index (χ3n) is 3.29. The molecular formula is C13H23NO3S. The van der Waals surface area contributed by atoms with E-state index in [2.05, 4.69) is 5.32 Å². The Bertz CT molecular complexity index is 297. The van der Waals surface area contributed by atoms with Crippen molar-refractivity contribution in [3.63, 3.8) is 0 Å². The molecule has 1 aliphatic carbocycles. The molecule has 1 amide bonds. The van der Waals surface area contributed by atoms with Crippen molar-refractivity contribution in [2.24, 2.45) is 0 Å². The molecule has 1 saturated carbocycles. The normalized spacial score (nSPS) is 19.3. The average molecular weight is 273 g/mol. The van der Waals surface area contributed by atoms with Crippen LogP contribution in [0, 0.1) is 0 Å². The maximum Gasteiger partial charge on any atom is 0.329 e. The number of hydrogen-bond donors (Lipinski definition) is 2. The Morgan fingerprint density at radius 3 is 2.22 bits per heavy atom.